The summed E-state index contributed by atoms with van der Waals surface area (Å²) in [7, 11) is 1.68. The summed E-state index contributed by atoms with van der Waals surface area (Å²) in [6.07, 6.45) is 2.97. The van der Waals surface area contributed by atoms with Crippen LogP contribution in [0.5, 0.6) is 5.75 Å². The quantitative estimate of drug-likeness (QED) is 0.868. The van der Waals surface area contributed by atoms with Crippen LogP contribution in [0.15, 0.2) is 42.7 Å². The van der Waals surface area contributed by atoms with Crippen LogP contribution in [0.4, 0.5) is 10.1 Å². The number of anilines is 1. The zero-order valence-corrected chi connectivity index (χ0v) is 12.7. The van der Waals surface area contributed by atoms with E-state index in [1.807, 2.05) is 12.1 Å². The molecule has 0 bridgehead atoms. The molecule has 0 N–H and O–H groups in total. The van der Waals surface area contributed by atoms with Crippen LogP contribution >= 0.6 is 0 Å². The molecule has 1 aromatic carbocycles. The second kappa shape index (κ2) is 6.75. The number of methoxy groups -OCH3 is 1. The molecule has 1 aromatic heterocycles. The third kappa shape index (κ3) is 3.54. The fourth-order valence-electron chi connectivity index (χ4n) is 2.77. The number of hydrogen-bond acceptors (Lipinski definition) is 4. The van der Waals surface area contributed by atoms with Gasteiger partial charge in [-0.2, -0.15) is 0 Å². The van der Waals surface area contributed by atoms with Crippen molar-refractivity contribution in [3.8, 4) is 5.75 Å². The minimum Gasteiger partial charge on any atom is -0.497 e. The minimum absolute atomic E-state index is 0.271. The molecule has 5 heteroatoms. The summed E-state index contributed by atoms with van der Waals surface area (Å²) < 4.78 is 18.5. The monoisotopic (exact) mass is 301 g/mol. The van der Waals surface area contributed by atoms with Gasteiger partial charge >= 0.3 is 0 Å². The number of pyridine rings is 1. The number of rotatable bonds is 4. The van der Waals surface area contributed by atoms with Crippen molar-refractivity contribution < 1.29 is 9.13 Å². The van der Waals surface area contributed by atoms with Crippen LogP contribution in [0, 0.1) is 5.82 Å². The normalized spacial score (nSPS) is 15.8. The molecule has 1 aliphatic heterocycles. The van der Waals surface area contributed by atoms with Gasteiger partial charge in [-0.1, -0.05) is 6.07 Å². The maximum Gasteiger partial charge on any atom is 0.141 e. The SMILES string of the molecule is COc1cccc(N2CCN(Cc3cncc(F)c3)CC2)c1. The van der Waals surface area contributed by atoms with Crippen LogP contribution in [0.25, 0.3) is 0 Å². The van der Waals surface area contributed by atoms with Gasteiger partial charge in [0.05, 0.1) is 13.3 Å². The highest BCUT2D eigenvalue weighted by Gasteiger charge is 2.17. The van der Waals surface area contributed by atoms with Gasteiger partial charge < -0.3 is 9.64 Å². The van der Waals surface area contributed by atoms with E-state index < -0.39 is 0 Å². The zero-order valence-electron chi connectivity index (χ0n) is 12.7. The van der Waals surface area contributed by atoms with Crippen molar-refractivity contribution >= 4 is 5.69 Å². The number of piperazine rings is 1. The van der Waals surface area contributed by atoms with Crippen LogP contribution in [-0.2, 0) is 6.54 Å². The van der Waals surface area contributed by atoms with Crippen LogP contribution in [0.2, 0.25) is 0 Å². The lowest BCUT2D eigenvalue weighted by molar-refractivity contribution is 0.249. The van der Waals surface area contributed by atoms with E-state index in [9.17, 15) is 4.39 Å². The summed E-state index contributed by atoms with van der Waals surface area (Å²) in [5.41, 5.74) is 2.11. The van der Waals surface area contributed by atoms with E-state index in [2.05, 4.69) is 26.9 Å². The van der Waals surface area contributed by atoms with E-state index in [4.69, 9.17) is 4.74 Å². The molecule has 0 unspecified atom stereocenters. The first-order valence-electron chi connectivity index (χ1n) is 7.45. The zero-order chi connectivity index (χ0) is 15.4. The Bertz CT molecular complexity index is 627. The topological polar surface area (TPSA) is 28.6 Å². The Hall–Kier alpha value is -2.14. The third-order valence-electron chi connectivity index (χ3n) is 3.96. The van der Waals surface area contributed by atoms with Gasteiger partial charge in [0.25, 0.3) is 0 Å². The number of hydrogen-bond donors (Lipinski definition) is 0. The number of aromatic nitrogens is 1. The Labute approximate surface area is 130 Å². The van der Waals surface area contributed by atoms with Crippen molar-refractivity contribution in [1.82, 2.24) is 9.88 Å². The highest BCUT2D eigenvalue weighted by Crippen LogP contribution is 2.22. The first-order chi connectivity index (χ1) is 10.7. The molecule has 2 aromatic rings. The van der Waals surface area contributed by atoms with Crippen molar-refractivity contribution in [2.45, 2.75) is 6.54 Å². The van der Waals surface area contributed by atoms with Gasteiger partial charge in [-0.05, 0) is 23.8 Å². The summed E-state index contributed by atoms with van der Waals surface area (Å²) in [6, 6.07) is 9.69. The molecule has 3 rings (SSSR count). The molecule has 1 fully saturated rings. The summed E-state index contributed by atoms with van der Waals surface area (Å²) >= 11 is 0. The number of ether oxygens (including phenoxy) is 1. The molecule has 4 nitrogen and oxygen atoms in total. The van der Waals surface area contributed by atoms with Gasteiger partial charge in [-0.15, -0.1) is 0 Å². The lowest BCUT2D eigenvalue weighted by atomic mass is 10.2. The van der Waals surface area contributed by atoms with Crippen LogP contribution in [0.1, 0.15) is 5.56 Å². The van der Waals surface area contributed by atoms with Crippen molar-refractivity contribution in [2.75, 3.05) is 38.2 Å². The van der Waals surface area contributed by atoms with Crippen molar-refractivity contribution in [3.05, 3.63) is 54.1 Å². The molecular weight excluding hydrogens is 281 g/mol. The summed E-state index contributed by atoms with van der Waals surface area (Å²) in [5.74, 6) is 0.610. The Kier molecular flexibility index (Phi) is 4.53. The molecule has 1 aliphatic rings. The molecule has 0 radical (unpaired) electrons. The second-order valence-corrected chi connectivity index (χ2v) is 5.48. The summed E-state index contributed by atoms with van der Waals surface area (Å²) in [6.45, 7) is 4.56. The van der Waals surface area contributed by atoms with Gasteiger partial charge in [0.1, 0.15) is 11.6 Å². The van der Waals surface area contributed by atoms with E-state index in [1.165, 1.54) is 11.9 Å². The smallest absolute Gasteiger partial charge is 0.141 e. The molecule has 116 valence electrons. The van der Waals surface area contributed by atoms with Crippen LogP contribution < -0.4 is 9.64 Å². The second-order valence-electron chi connectivity index (χ2n) is 5.48. The van der Waals surface area contributed by atoms with Gasteiger partial charge in [0.2, 0.25) is 0 Å². The number of benzene rings is 1. The molecule has 0 saturated carbocycles. The highest BCUT2D eigenvalue weighted by molar-refractivity contribution is 5.51. The molecule has 22 heavy (non-hydrogen) atoms. The maximum atomic E-state index is 13.2. The molecule has 1 saturated heterocycles. The maximum absolute atomic E-state index is 13.2. The van der Waals surface area contributed by atoms with E-state index in [-0.39, 0.29) is 5.82 Å². The van der Waals surface area contributed by atoms with Crippen molar-refractivity contribution in [3.63, 3.8) is 0 Å². The first-order valence-corrected chi connectivity index (χ1v) is 7.45. The minimum atomic E-state index is -0.271. The molecule has 0 amide bonds. The largest absolute Gasteiger partial charge is 0.497 e. The fourth-order valence-corrected chi connectivity index (χ4v) is 2.77. The van der Waals surface area contributed by atoms with E-state index in [0.29, 0.717) is 0 Å². The van der Waals surface area contributed by atoms with Gasteiger partial charge in [-0.3, -0.25) is 9.88 Å². The first kappa shape index (κ1) is 14.8. The van der Waals surface area contributed by atoms with Gasteiger partial charge in [0.15, 0.2) is 0 Å². The fraction of sp³-hybridized carbons (Fsp3) is 0.353. The van der Waals surface area contributed by atoms with Crippen molar-refractivity contribution in [2.24, 2.45) is 0 Å². The van der Waals surface area contributed by atoms with Gasteiger partial charge in [0, 0.05) is 50.7 Å². The molecule has 0 spiro atoms. The molecular formula is C17H20FN3O. The van der Waals surface area contributed by atoms with E-state index in [0.717, 1.165) is 44.0 Å². The molecule has 2 heterocycles. The Morgan fingerprint density at radius 3 is 2.68 bits per heavy atom. The Morgan fingerprint density at radius 2 is 1.95 bits per heavy atom. The molecule has 0 aliphatic carbocycles. The number of nitrogens with zero attached hydrogens (tertiary/aromatic N) is 3. The average Bonchev–Trinajstić information content (AvgIpc) is 2.56. The highest BCUT2D eigenvalue weighted by atomic mass is 19.1. The third-order valence-corrected chi connectivity index (χ3v) is 3.96. The summed E-state index contributed by atoms with van der Waals surface area (Å²) in [4.78, 5) is 8.58. The van der Waals surface area contributed by atoms with Gasteiger partial charge in [-0.25, -0.2) is 4.39 Å². The standard InChI is InChI=1S/C17H20FN3O/c1-22-17-4-2-3-16(10-17)21-7-5-20(6-8-21)13-14-9-15(18)12-19-11-14/h2-4,9-12H,5-8,13H2,1H3. The van der Waals surface area contributed by atoms with Crippen molar-refractivity contribution in [1.29, 1.82) is 0 Å². The van der Waals surface area contributed by atoms with Crippen LogP contribution in [-0.4, -0.2) is 43.2 Å². The number of halogens is 1. The molecule has 0 atom stereocenters. The lowest BCUT2D eigenvalue weighted by Crippen LogP contribution is -2.46. The predicted octanol–water partition coefficient (Wildman–Crippen LogP) is 2.55. The Balaban J connectivity index is 1.58. The van der Waals surface area contributed by atoms with E-state index in [1.54, 1.807) is 19.4 Å². The van der Waals surface area contributed by atoms with E-state index >= 15 is 0 Å². The predicted molar refractivity (Wildman–Crippen MR) is 84.7 cm³/mol. The van der Waals surface area contributed by atoms with Crippen LogP contribution in [0.3, 0.4) is 0 Å². The Morgan fingerprint density at radius 1 is 1.14 bits per heavy atom. The average molecular weight is 301 g/mol. The lowest BCUT2D eigenvalue weighted by Gasteiger charge is -2.36. The summed E-state index contributed by atoms with van der Waals surface area (Å²) in [5, 5.41) is 0.